The van der Waals surface area contributed by atoms with Crippen LogP contribution in [-0.2, 0) is 9.47 Å². The highest BCUT2D eigenvalue weighted by molar-refractivity contribution is 6.33. The number of nitrogens with zero attached hydrogens (tertiary/aromatic N) is 3. The molecule has 2 fully saturated rings. The number of aromatic amines is 1. The summed E-state index contributed by atoms with van der Waals surface area (Å²) in [5.74, 6) is 0. The van der Waals surface area contributed by atoms with Crippen molar-refractivity contribution < 1.29 is 9.47 Å². The van der Waals surface area contributed by atoms with E-state index in [1.807, 2.05) is 0 Å². The molecule has 4 heterocycles. The first-order valence-electron chi connectivity index (χ1n) is 6.83. The van der Waals surface area contributed by atoms with Crippen LogP contribution in [0.2, 0.25) is 5.15 Å². The molecule has 1 N–H and O–H groups in total. The van der Waals surface area contributed by atoms with Crippen LogP contribution in [0, 0.1) is 0 Å². The van der Waals surface area contributed by atoms with Gasteiger partial charge in [-0.25, -0.2) is 15.0 Å². The summed E-state index contributed by atoms with van der Waals surface area (Å²) < 4.78 is 9.89. The fraction of sp³-hybridized carbons (Fsp3) is 0.615. The molecule has 0 bridgehead atoms. The van der Waals surface area contributed by atoms with Crippen molar-refractivity contribution in [3.8, 4) is 0 Å². The van der Waals surface area contributed by atoms with Crippen LogP contribution < -0.4 is 0 Å². The third-order valence-electron chi connectivity index (χ3n) is 2.83. The van der Waals surface area contributed by atoms with Crippen LogP contribution in [0.1, 0.15) is 25.7 Å². The van der Waals surface area contributed by atoms with E-state index in [9.17, 15) is 0 Å². The van der Waals surface area contributed by atoms with Crippen LogP contribution in [-0.4, -0.2) is 46.4 Å². The van der Waals surface area contributed by atoms with Gasteiger partial charge in [0.2, 0.25) is 0 Å². The van der Waals surface area contributed by atoms with E-state index in [2.05, 4.69) is 19.9 Å². The lowest BCUT2D eigenvalue weighted by Gasteiger charge is -1.86. The van der Waals surface area contributed by atoms with E-state index >= 15 is 0 Å². The lowest BCUT2D eigenvalue weighted by molar-refractivity contribution is 0.198. The summed E-state index contributed by atoms with van der Waals surface area (Å²) in [6, 6.07) is 0. The third kappa shape index (κ3) is 5.03. The molecule has 4 rings (SSSR count). The number of ether oxygens (including phenoxy) is 2. The molecule has 0 radical (unpaired) electrons. The van der Waals surface area contributed by atoms with Crippen LogP contribution in [0.25, 0.3) is 11.2 Å². The summed E-state index contributed by atoms with van der Waals surface area (Å²) in [5.41, 5.74) is 1.28. The van der Waals surface area contributed by atoms with Crippen LogP contribution in [0.15, 0.2) is 12.7 Å². The highest BCUT2D eigenvalue weighted by Crippen LogP contribution is 2.13. The Hall–Kier alpha value is -1.24. The normalized spacial score (nSPS) is 17.2. The van der Waals surface area contributed by atoms with Crippen LogP contribution >= 0.6 is 11.6 Å². The Kier molecular flexibility index (Phi) is 6.70. The van der Waals surface area contributed by atoms with E-state index in [1.54, 1.807) is 0 Å². The van der Waals surface area contributed by atoms with Gasteiger partial charge in [0.15, 0.2) is 10.8 Å². The van der Waals surface area contributed by atoms with Gasteiger partial charge in [-0.15, -0.1) is 0 Å². The largest absolute Gasteiger partial charge is 0.381 e. The minimum atomic E-state index is 0.405. The molecule has 20 heavy (non-hydrogen) atoms. The zero-order chi connectivity index (χ0) is 14.0. The lowest BCUT2D eigenvalue weighted by Crippen LogP contribution is -1.80. The molecule has 0 saturated carbocycles. The monoisotopic (exact) mass is 298 g/mol. The Morgan fingerprint density at radius 1 is 0.900 bits per heavy atom. The first kappa shape index (κ1) is 15.2. The Labute approximate surface area is 122 Å². The molecule has 2 aliphatic rings. The highest BCUT2D eigenvalue weighted by Gasteiger charge is 2.00. The smallest absolute Gasteiger partial charge is 0.182 e. The molecule has 110 valence electrons. The van der Waals surface area contributed by atoms with Crippen molar-refractivity contribution in [2.24, 2.45) is 0 Å². The maximum Gasteiger partial charge on any atom is 0.182 e. The molecule has 7 heteroatoms. The molecule has 2 aromatic rings. The Bertz CT molecular complexity index is 473. The van der Waals surface area contributed by atoms with Crippen molar-refractivity contribution in [1.29, 1.82) is 0 Å². The second-order valence-electron chi connectivity index (χ2n) is 4.40. The number of hydrogen-bond donors (Lipinski definition) is 1. The van der Waals surface area contributed by atoms with Crippen molar-refractivity contribution in [2.75, 3.05) is 26.4 Å². The van der Waals surface area contributed by atoms with E-state index in [0.29, 0.717) is 16.3 Å². The van der Waals surface area contributed by atoms with E-state index in [0.717, 1.165) is 26.4 Å². The molecule has 0 spiro atoms. The van der Waals surface area contributed by atoms with Crippen LogP contribution in [0.5, 0.6) is 0 Å². The summed E-state index contributed by atoms with van der Waals surface area (Å²) in [5, 5.41) is 0.405. The highest BCUT2D eigenvalue weighted by atomic mass is 35.5. The van der Waals surface area contributed by atoms with Crippen LogP contribution in [0.3, 0.4) is 0 Å². The number of rotatable bonds is 0. The summed E-state index contributed by atoms with van der Waals surface area (Å²) >= 11 is 5.68. The molecule has 0 atom stereocenters. The number of imidazole rings is 1. The molecule has 0 amide bonds. The second-order valence-corrected chi connectivity index (χ2v) is 4.76. The van der Waals surface area contributed by atoms with Gasteiger partial charge in [0.05, 0.1) is 6.33 Å². The van der Waals surface area contributed by atoms with Crippen LogP contribution in [0.4, 0.5) is 0 Å². The molecular weight excluding hydrogens is 280 g/mol. The van der Waals surface area contributed by atoms with Crippen molar-refractivity contribution in [1.82, 2.24) is 19.9 Å². The fourth-order valence-corrected chi connectivity index (χ4v) is 1.94. The Morgan fingerprint density at radius 2 is 1.50 bits per heavy atom. The van der Waals surface area contributed by atoms with Gasteiger partial charge in [0.25, 0.3) is 0 Å². The first-order chi connectivity index (χ1) is 9.88. The standard InChI is InChI=1S/C5H3ClN4.2C4H8O/c6-4-3-5(9-1-7-3)10-2-8-4;2*1-2-4-5-3-1/h1-2H,(H,7,8,9,10);2*1-4H2. The number of aromatic nitrogens is 4. The van der Waals surface area contributed by atoms with Crippen molar-refractivity contribution >= 4 is 22.8 Å². The van der Waals surface area contributed by atoms with Gasteiger partial charge in [-0.1, -0.05) is 11.6 Å². The first-order valence-corrected chi connectivity index (χ1v) is 7.21. The maximum atomic E-state index is 5.68. The van der Waals surface area contributed by atoms with Gasteiger partial charge in [0, 0.05) is 26.4 Å². The lowest BCUT2D eigenvalue weighted by atomic mass is 10.4. The Balaban J connectivity index is 0.000000124. The van der Waals surface area contributed by atoms with Gasteiger partial charge in [-0.3, -0.25) is 0 Å². The predicted octanol–water partition coefficient (Wildman–Crippen LogP) is 2.60. The molecule has 2 aliphatic heterocycles. The summed E-state index contributed by atoms with van der Waals surface area (Å²) in [6.45, 7) is 4.00. The minimum absolute atomic E-state index is 0.405. The van der Waals surface area contributed by atoms with E-state index in [1.165, 1.54) is 38.3 Å². The number of fused-ring (bicyclic) bond motifs is 1. The quantitative estimate of drug-likeness (QED) is 0.757. The second kappa shape index (κ2) is 8.84. The van der Waals surface area contributed by atoms with Gasteiger partial charge in [-0.2, -0.15) is 0 Å². The molecule has 0 aromatic carbocycles. The molecule has 0 aliphatic carbocycles. The van der Waals surface area contributed by atoms with E-state index < -0.39 is 0 Å². The molecule has 0 unspecified atom stereocenters. The van der Waals surface area contributed by atoms with Crippen molar-refractivity contribution in [2.45, 2.75) is 25.7 Å². The molecule has 6 nitrogen and oxygen atoms in total. The SMILES string of the molecule is C1CCOC1.C1CCOC1.Clc1ncnc2nc[nH]c12. The molecule has 2 aromatic heterocycles. The van der Waals surface area contributed by atoms with E-state index in [4.69, 9.17) is 21.1 Å². The number of hydrogen-bond acceptors (Lipinski definition) is 5. The summed E-state index contributed by atoms with van der Waals surface area (Å²) in [4.78, 5) is 14.3. The number of halogens is 1. The molecular formula is C13H19ClN4O2. The average Bonchev–Trinajstić information content (AvgIpc) is 3.24. The van der Waals surface area contributed by atoms with Gasteiger partial charge in [0.1, 0.15) is 11.8 Å². The maximum absolute atomic E-state index is 5.68. The fourth-order valence-electron chi connectivity index (χ4n) is 1.76. The van der Waals surface area contributed by atoms with Crippen molar-refractivity contribution in [3.63, 3.8) is 0 Å². The van der Waals surface area contributed by atoms with E-state index in [-0.39, 0.29) is 0 Å². The number of nitrogens with one attached hydrogen (secondary N) is 1. The third-order valence-corrected chi connectivity index (χ3v) is 3.12. The number of H-pyrrole nitrogens is 1. The minimum Gasteiger partial charge on any atom is -0.381 e. The molecule has 2 saturated heterocycles. The van der Waals surface area contributed by atoms with Gasteiger partial charge < -0.3 is 14.5 Å². The zero-order valence-corrected chi connectivity index (χ0v) is 12.1. The predicted molar refractivity (Wildman–Crippen MR) is 76.8 cm³/mol. The average molecular weight is 299 g/mol. The topological polar surface area (TPSA) is 72.9 Å². The van der Waals surface area contributed by atoms with Crippen molar-refractivity contribution in [3.05, 3.63) is 17.8 Å². The summed E-state index contributed by atoms with van der Waals surface area (Å²) in [6.07, 6.45) is 8.02. The van der Waals surface area contributed by atoms with Gasteiger partial charge >= 0.3 is 0 Å². The van der Waals surface area contributed by atoms with Gasteiger partial charge in [-0.05, 0) is 25.7 Å². The zero-order valence-electron chi connectivity index (χ0n) is 11.3. The summed E-state index contributed by atoms with van der Waals surface area (Å²) in [7, 11) is 0. The Morgan fingerprint density at radius 3 is 1.95 bits per heavy atom.